The lowest BCUT2D eigenvalue weighted by molar-refractivity contribution is -0.141. The van der Waals surface area contributed by atoms with E-state index in [0.717, 1.165) is 0 Å². The second kappa shape index (κ2) is 6.44. The molecule has 1 aliphatic heterocycles. The largest absolute Gasteiger partial charge is 0.480 e. The maximum Gasteiger partial charge on any atom is 0.408 e. The third-order valence-electron chi connectivity index (χ3n) is 2.66. The minimum Gasteiger partial charge on any atom is -0.480 e. The number of amides is 1. The first-order valence-electron chi connectivity index (χ1n) is 6.09. The van der Waals surface area contributed by atoms with Gasteiger partial charge in [0, 0.05) is 10.8 Å². The van der Waals surface area contributed by atoms with Gasteiger partial charge in [-0.25, -0.2) is 9.59 Å². The highest BCUT2D eigenvalue weighted by atomic mass is 16.6. The van der Waals surface area contributed by atoms with Gasteiger partial charge < -0.3 is 19.9 Å². The smallest absolute Gasteiger partial charge is 0.408 e. The highest BCUT2D eigenvalue weighted by Gasteiger charge is 2.39. The van der Waals surface area contributed by atoms with Crippen LogP contribution in [0, 0.1) is 5.92 Å². The number of hydrogen-bond donors (Lipinski definition) is 2. The molecule has 1 fully saturated rings. The summed E-state index contributed by atoms with van der Waals surface area (Å²) in [6.45, 7) is 5.24. The van der Waals surface area contributed by atoms with Crippen LogP contribution in [0.25, 0.3) is 10.4 Å². The zero-order valence-electron chi connectivity index (χ0n) is 11.6. The number of alkyl carbamates (subject to hydrolysis) is 1. The molecule has 1 heterocycles. The van der Waals surface area contributed by atoms with Gasteiger partial charge in [-0.1, -0.05) is 5.11 Å². The lowest BCUT2D eigenvalue weighted by atomic mass is 9.95. The molecule has 0 radical (unpaired) electrons. The Morgan fingerprint density at radius 1 is 1.50 bits per heavy atom. The van der Waals surface area contributed by atoms with Gasteiger partial charge in [0.25, 0.3) is 0 Å². The molecule has 0 spiro atoms. The Bertz CT molecular complexity index is 427. The molecular formula is C11H18N4O5. The molecule has 112 valence electrons. The highest BCUT2D eigenvalue weighted by Crippen LogP contribution is 2.22. The van der Waals surface area contributed by atoms with Gasteiger partial charge in [-0.3, -0.25) is 0 Å². The van der Waals surface area contributed by atoms with E-state index < -0.39 is 35.7 Å². The van der Waals surface area contributed by atoms with Crippen molar-refractivity contribution in [3.8, 4) is 0 Å². The van der Waals surface area contributed by atoms with Crippen LogP contribution in [0.15, 0.2) is 5.11 Å². The molecule has 0 aliphatic carbocycles. The second-order valence-corrected chi connectivity index (χ2v) is 5.44. The molecule has 0 saturated carbocycles. The molecule has 0 aromatic rings. The van der Waals surface area contributed by atoms with Gasteiger partial charge in [-0.05, 0) is 26.3 Å². The molecule has 3 atom stereocenters. The van der Waals surface area contributed by atoms with E-state index in [-0.39, 0.29) is 13.2 Å². The maximum absolute atomic E-state index is 11.7. The van der Waals surface area contributed by atoms with Gasteiger partial charge in [0.2, 0.25) is 0 Å². The van der Waals surface area contributed by atoms with E-state index in [0.29, 0.717) is 0 Å². The molecule has 9 nitrogen and oxygen atoms in total. The van der Waals surface area contributed by atoms with Gasteiger partial charge in [0.1, 0.15) is 11.6 Å². The number of azide groups is 1. The lowest BCUT2D eigenvalue weighted by Gasteiger charge is -2.25. The number of nitrogens with one attached hydrogen (secondary N) is 1. The van der Waals surface area contributed by atoms with E-state index in [1.165, 1.54) is 0 Å². The van der Waals surface area contributed by atoms with Crippen LogP contribution in [-0.2, 0) is 14.3 Å². The van der Waals surface area contributed by atoms with E-state index in [1.54, 1.807) is 20.8 Å². The number of carboxylic acids is 1. The number of carbonyl (C=O) groups is 2. The molecule has 1 saturated heterocycles. The van der Waals surface area contributed by atoms with Crippen LogP contribution >= 0.6 is 0 Å². The summed E-state index contributed by atoms with van der Waals surface area (Å²) in [6.07, 6.45) is -0.837. The summed E-state index contributed by atoms with van der Waals surface area (Å²) in [7, 11) is 0. The Labute approximate surface area is 115 Å². The number of aliphatic carboxylic acids is 1. The minimum atomic E-state index is -1.23. The Kier molecular flexibility index (Phi) is 5.18. The number of nitrogens with zero attached hydrogens (tertiary/aromatic N) is 3. The Morgan fingerprint density at radius 3 is 2.65 bits per heavy atom. The monoisotopic (exact) mass is 286 g/mol. The Hall–Kier alpha value is -1.99. The van der Waals surface area contributed by atoms with Crippen molar-refractivity contribution >= 4 is 12.1 Å². The average Bonchev–Trinajstić information content (AvgIpc) is 2.71. The third-order valence-corrected chi connectivity index (χ3v) is 2.66. The van der Waals surface area contributed by atoms with E-state index in [1.807, 2.05) is 0 Å². The van der Waals surface area contributed by atoms with Crippen molar-refractivity contribution < 1.29 is 24.2 Å². The average molecular weight is 286 g/mol. The summed E-state index contributed by atoms with van der Waals surface area (Å²) in [5.41, 5.74) is 7.71. The highest BCUT2D eigenvalue weighted by molar-refractivity contribution is 5.80. The number of rotatable bonds is 4. The summed E-state index contributed by atoms with van der Waals surface area (Å²) in [6, 6.07) is -1.86. The first-order valence-corrected chi connectivity index (χ1v) is 6.09. The number of hydrogen-bond acceptors (Lipinski definition) is 5. The fraction of sp³-hybridized carbons (Fsp3) is 0.818. The maximum atomic E-state index is 11.7. The number of ether oxygens (including phenoxy) is 2. The fourth-order valence-electron chi connectivity index (χ4n) is 1.85. The summed E-state index contributed by atoms with van der Waals surface area (Å²) in [4.78, 5) is 25.6. The van der Waals surface area contributed by atoms with Crippen LogP contribution < -0.4 is 5.32 Å². The van der Waals surface area contributed by atoms with Crippen molar-refractivity contribution in [2.45, 2.75) is 38.5 Å². The van der Waals surface area contributed by atoms with Gasteiger partial charge >= 0.3 is 12.1 Å². The van der Waals surface area contributed by atoms with E-state index in [2.05, 4.69) is 15.3 Å². The summed E-state index contributed by atoms with van der Waals surface area (Å²) >= 11 is 0. The van der Waals surface area contributed by atoms with Crippen molar-refractivity contribution in [2.75, 3.05) is 13.2 Å². The van der Waals surface area contributed by atoms with E-state index in [9.17, 15) is 14.7 Å². The Morgan fingerprint density at radius 2 is 2.15 bits per heavy atom. The SMILES string of the molecule is CC(C)(C)OC(=O)NC(C(=O)O)[C@@H]1COC[C@@H]1N=[N+]=[N-]. The normalized spacial score (nSPS) is 23.6. The van der Waals surface area contributed by atoms with Crippen molar-refractivity contribution in [3.05, 3.63) is 10.4 Å². The summed E-state index contributed by atoms with van der Waals surface area (Å²) in [5.74, 6) is -1.86. The van der Waals surface area contributed by atoms with Gasteiger partial charge in [-0.15, -0.1) is 0 Å². The molecule has 1 rings (SSSR count). The standard InChI is InChI=1S/C11H18N4O5/c1-11(2,3)20-10(18)13-8(9(16)17)6-4-19-5-7(6)14-15-12/h6-8H,4-5H2,1-3H3,(H,13,18)(H,16,17)/t6-,7+,8?/m1/s1. The van der Waals surface area contributed by atoms with Crippen LogP contribution in [0.1, 0.15) is 20.8 Å². The zero-order chi connectivity index (χ0) is 15.3. The number of carbonyl (C=O) groups excluding carboxylic acids is 1. The van der Waals surface area contributed by atoms with Crippen LogP contribution in [0.2, 0.25) is 0 Å². The van der Waals surface area contributed by atoms with Gasteiger partial charge in [-0.2, -0.15) is 0 Å². The summed E-state index contributed by atoms with van der Waals surface area (Å²) in [5, 5.41) is 15.0. The predicted octanol–water partition coefficient (Wildman–Crippen LogP) is 1.29. The second-order valence-electron chi connectivity index (χ2n) is 5.44. The molecule has 0 aromatic heterocycles. The van der Waals surface area contributed by atoms with E-state index >= 15 is 0 Å². The quantitative estimate of drug-likeness (QED) is 0.456. The molecule has 9 heteroatoms. The van der Waals surface area contributed by atoms with Crippen LogP contribution in [0.5, 0.6) is 0 Å². The molecule has 1 aliphatic rings. The first kappa shape index (κ1) is 16.1. The van der Waals surface area contributed by atoms with Crippen molar-refractivity contribution in [3.63, 3.8) is 0 Å². The van der Waals surface area contributed by atoms with Crippen molar-refractivity contribution in [1.29, 1.82) is 0 Å². The molecule has 2 N–H and O–H groups in total. The molecule has 1 amide bonds. The third kappa shape index (κ3) is 4.60. The molecule has 20 heavy (non-hydrogen) atoms. The van der Waals surface area contributed by atoms with Crippen LogP contribution in [0.3, 0.4) is 0 Å². The molecular weight excluding hydrogens is 268 g/mol. The topological polar surface area (TPSA) is 134 Å². The van der Waals surface area contributed by atoms with E-state index in [4.69, 9.17) is 15.0 Å². The van der Waals surface area contributed by atoms with Gasteiger partial charge in [0.05, 0.1) is 19.3 Å². The molecule has 0 aromatic carbocycles. The van der Waals surface area contributed by atoms with Crippen LogP contribution in [0.4, 0.5) is 4.79 Å². The minimum absolute atomic E-state index is 0.0937. The predicted molar refractivity (Wildman–Crippen MR) is 68.0 cm³/mol. The molecule has 0 bridgehead atoms. The Balaban J connectivity index is 2.77. The fourth-order valence-corrected chi connectivity index (χ4v) is 1.85. The summed E-state index contributed by atoms with van der Waals surface area (Å²) < 4.78 is 10.1. The van der Waals surface area contributed by atoms with Gasteiger partial charge in [0.15, 0.2) is 0 Å². The zero-order valence-corrected chi connectivity index (χ0v) is 11.6. The first-order chi connectivity index (χ1) is 9.24. The van der Waals surface area contributed by atoms with Crippen molar-refractivity contribution in [2.24, 2.45) is 11.0 Å². The molecule has 1 unspecified atom stereocenters. The van der Waals surface area contributed by atoms with Crippen molar-refractivity contribution in [1.82, 2.24) is 5.32 Å². The number of carboxylic acid groups (broad SMARTS) is 1. The lowest BCUT2D eigenvalue weighted by Crippen LogP contribution is -2.50. The van der Waals surface area contributed by atoms with Crippen LogP contribution in [-0.4, -0.2) is 48.1 Å².